The summed E-state index contributed by atoms with van der Waals surface area (Å²) in [4.78, 5) is 15.2. The predicted molar refractivity (Wildman–Crippen MR) is 150 cm³/mol. The highest BCUT2D eigenvalue weighted by molar-refractivity contribution is 5.95. The van der Waals surface area contributed by atoms with E-state index in [9.17, 15) is 20.1 Å². The van der Waals surface area contributed by atoms with Crippen LogP contribution >= 0.6 is 0 Å². The molecule has 1 amide bonds. The number of anilines is 1. The van der Waals surface area contributed by atoms with Crippen LogP contribution in [0.4, 0.5) is 5.69 Å². The van der Waals surface area contributed by atoms with E-state index >= 15 is 0 Å². The highest BCUT2D eigenvalue weighted by Crippen LogP contribution is 2.65. The second kappa shape index (κ2) is 9.89. The van der Waals surface area contributed by atoms with Crippen LogP contribution in [-0.2, 0) is 11.2 Å². The number of aliphatic hydroxyl groups excluding tert-OH is 3. The van der Waals surface area contributed by atoms with Gasteiger partial charge in [-0.05, 0) is 122 Å². The minimum Gasteiger partial charge on any atom is -0.393 e. The Morgan fingerprint density at radius 2 is 1.79 bits per heavy atom. The Hall–Kier alpha value is -1.43. The standard InChI is InChI=1S/C33H49NO4/c1-20(8-11-31(38)34-15-13-21-6-4-5-7-28(21)34)26-9-10-27-25-17-23(19-30(37)33(26,27)3)32(2)14-12-24(35)16-22(32)18-29(25)36/h4-7,20,22-27,29-30,35-37H,8-19H2,1-3H3/t20-,22+,23-,24-,25-,26-,27+,29-,30+,32+,33-/m1/s1. The maximum atomic E-state index is 13.3. The summed E-state index contributed by atoms with van der Waals surface area (Å²) in [5, 5.41) is 34.0. The van der Waals surface area contributed by atoms with Gasteiger partial charge in [-0.15, -0.1) is 0 Å². The molecule has 5 aliphatic rings. The van der Waals surface area contributed by atoms with E-state index in [-0.39, 0.29) is 41.0 Å². The van der Waals surface area contributed by atoms with Crippen molar-refractivity contribution in [3.05, 3.63) is 29.8 Å². The fourth-order valence-electron chi connectivity index (χ4n) is 10.5. The maximum Gasteiger partial charge on any atom is 0.227 e. The third kappa shape index (κ3) is 4.18. The van der Waals surface area contributed by atoms with Gasteiger partial charge in [0.05, 0.1) is 18.3 Å². The first kappa shape index (κ1) is 26.8. The van der Waals surface area contributed by atoms with E-state index < -0.39 is 0 Å². The van der Waals surface area contributed by atoms with Crippen molar-refractivity contribution in [1.82, 2.24) is 0 Å². The van der Waals surface area contributed by atoms with Crippen LogP contribution in [-0.4, -0.2) is 46.1 Å². The van der Waals surface area contributed by atoms with Crippen molar-refractivity contribution in [2.75, 3.05) is 11.4 Å². The molecule has 6 rings (SSSR count). The number of amides is 1. The summed E-state index contributed by atoms with van der Waals surface area (Å²) >= 11 is 0. The molecule has 1 heterocycles. The van der Waals surface area contributed by atoms with Crippen molar-refractivity contribution in [3.8, 4) is 0 Å². The topological polar surface area (TPSA) is 81.0 Å². The second-order valence-corrected chi connectivity index (χ2v) is 14.4. The largest absolute Gasteiger partial charge is 0.393 e. The number of aliphatic hydroxyl groups is 3. The molecule has 0 saturated heterocycles. The molecule has 11 atom stereocenters. The van der Waals surface area contributed by atoms with Gasteiger partial charge >= 0.3 is 0 Å². The van der Waals surface area contributed by atoms with Crippen LogP contribution in [0, 0.1) is 46.3 Å². The van der Waals surface area contributed by atoms with E-state index in [1.807, 2.05) is 11.0 Å². The Bertz CT molecular complexity index is 1040. The first-order valence-electron chi connectivity index (χ1n) is 15.5. The third-order valence-corrected chi connectivity index (χ3v) is 12.8. The summed E-state index contributed by atoms with van der Waals surface area (Å²) in [6, 6.07) is 8.27. The van der Waals surface area contributed by atoms with Crippen LogP contribution in [0.3, 0.4) is 0 Å². The van der Waals surface area contributed by atoms with Gasteiger partial charge in [-0.3, -0.25) is 4.79 Å². The van der Waals surface area contributed by atoms with Gasteiger partial charge in [-0.25, -0.2) is 0 Å². The lowest BCUT2D eigenvalue weighted by atomic mass is 9.57. The zero-order chi connectivity index (χ0) is 26.8. The van der Waals surface area contributed by atoms with Crippen molar-refractivity contribution in [3.63, 3.8) is 0 Å². The smallest absolute Gasteiger partial charge is 0.227 e. The Labute approximate surface area is 229 Å². The van der Waals surface area contributed by atoms with E-state index in [1.54, 1.807) is 0 Å². The monoisotopic (exact) mass is 523 g/mol. The number of fused-ring (bicyclic) bond motifs is 7. The maximum absolute atomic E-state index is 13.3. The van der Waals surface area contributed by atoms with Crippen molar-refractivity contribution < 1.29 is 20.1 Å². The predicted octanol–water partition coefficient (Wildman–Crippen LogP) is 5.34. The fourth-order valence-corrected chi connectivity index (χ4v) is 10.5. The summed E-state index contributed by atoms with van der Waals surface area (Å²) in [7, 11) is 0. The SMILES string of the molecule is C[C@H](CCC(=O)N1CCc2ccccc21)[C@H]1CC[C@H]2[C@H]3C[C@H](C[C@H](O)[C@]12C)[C@@]1(C)CC[C@@H](O)C[C@H]1C[C@H]3O. The van der Waals surface area contributed by atoms with E-state index in [4.69, 9.17) is 0 Å². The lowest BCUT2D eigenvalue weighted by Gasteiger charge is -2.50. The molecule has 4 fully saturated rings. The number of hydrogen-bond donors (Lipinski definition) is 3. The molecule has 0 spiro atoms. The number of para-hydroxylation sites is 1. The van der Waals surface area contributed by atoms with Gasteiger partial charge in [0.1, 0.15) is 0 Å². The molecule has 1 aromatic rings. The zero-order valence-electron chi connectivity index (χ0n) is 23.7. The fraction of sp³-hybridized carbons (Fsp3) is 0.788. The first-order valence-corrected chi connectivity index (χ1v) is 15.5. The minimum atomic E-state index is -0.381. The van der Waals surface area contributed by atoms with Crippen molar-refractivity contribution in [2.45, 2.75) is 110 Å². The summed E-state index contributed by atoms with van der Waals surface area (Å²) in [6.45, 7) is 7.80. The van der Waals surface area contributed by atoms with Crippen LogP contribution < -0.4 is 4.90 Å². The first-order chi connectivity index (χ1) is 18.1. The number of hydrogen-bond acceptors (Lipinski definition) is 4. The molecule has 5 heteroatoms. The molecule has 5 nitrogen and oxygen atoms in total. The summed E-state index contributed by atoms with van der Waals surface area (Å²) in [5.41, 5.74) is 2.22. The second-order valence-electron chi connectivity index (χ2n) is 14.4. The molecule has 0 aromatic heterocycles. The number of carbonyl (C=O) groups excluding carboxylic acids is 1. The molecule has 0 unspecified atom stereocenters. The van der Waals surface area contributed by atoms with E-state index in [1.165, 1.54) is 5.56 Å². The van der Waals surface area contributed by atoms with Gasteiger partial charge < -0.3 is 20.2 Å². The van der Waals surface area contributed by atoms with Gasteiger partial charge in [0, 0.05) is 18.7 Å². The van der Waals surface area contributed by atoms with E-state index in [2.05, 4.69) is 39.0 Å². The van der Waals surface area contributed by atoms with Crippen molar-refractivity contribution >= 4 is 11.6 Å². The van der Waals surface area contributed by atoms with Gasteiger partial charge in [0.25, 0.3) is 0 Å². The average molecular weight is 524 g/mol. The van der Waals surface area contributed by atoms with Crippen LogP contribution in [0.2, 0.25) is 0 Å². The number of benzene rings is 1. The lowest BCUT2D eigenvalue weighted by molar-refractivity contribution is -0.119. The third-order valence-electron chi connectivity index (χ3n) is 12.8. The molecule has 38 heavy (non-hydrogen) atoms. The van der Waals surface area contributed by atoms with Crippen LogP contribution in [0.5, 0.6) is 0 Å². The molecule has 4 aliphatic carbocycles. The van der Waals surface area contributed by atoms with Gasteiger partial charge in [0.15, 0.2) is 0 Å². The van der Waals surface area contributed by atoms with Crippen molar-refractivity contribution in [1.29, 1.82) is 0 Å². The average Bonchev–Trinajstić information content (AvgIpc) is 3.43. The Morgan fingerprint density at radius 1 is 1.03 bits per heavy atom. The normalized spacial score (nSPS) is 44.9. The summed E-state index contributed by atoms with van der Waals surface area (Å²) in [5.74, 6) is 2.22. The molecule has 1 aliphatic heterocycles. The summed E-state index contributed by atoms with van der Waals surface area (Å²) in [6.07, 6.45) is 8.76. The van der Waals surface area contributed by atoms with Gasteiger partial charge in [0.2, 0.25) is 5.91 Å². The zero-order valence-corrected chi connectivity index (χ0v) is 23.7. The molecule has 3 N–H and O–H groups in total. The highest BCUT2D eigenvalue weighted by atomic mass is 16.3. The van der Waals surface area contributed by atoms with Crippen LogP contribution in [0.15, 0.2) is 24.3 Å². The van der Waals surface area contributed by atoms with Gasteiger partial charge in [-0.1, -0.05) is 39.0 Å². The minimum absolute atomic E-state index is 0.0878. The molecule has 4 saturated carbocycles. The Kier molecular flexibility index (Phi) is 6.97. The van der Waals surface area contributed by atoms with E-state index in [0.29, 0.717) is 36.0 Å². The molecule has 1 aromatic carbocycles. The molecule has 210 valence electrons. The number of carbonyl (C=O) groups is 1. The number of nitrogens with zero attached hydrogens (tertiary/aromatic N) is 1. The molecular formula is C33H49NO4. The molecule has 2 bridgehead atoms. The van der Waals surface area contributed by atoms with Gasteiger partial charge in [-0.2, -0.15) is 0 Å². The summed E-state index contributed by atoms with van der Waals surface area (Å²) < 4.78 is 0. The van der Waals surface area contributed by atoms with E-state index in [0.717, 1.165) is 76.4 Å². The quantitative estimate of drug-likeness (QED) is 0.497. The lowest BCUT2D eigenvalue weighted by Crippen LogP contribution is -2.48. The molecular weight excluding hydrogens is 474 g/mol. The van der Waals surface area contributed by atoms with Crippen molar-refractivity contribution in [2.24, 2.45) is 46.3 Å². The molecule has 0 radical (unpaired) electrons. The Morgan fingerprint density at radius 3 is 2.61 bits per heavy atom. The van der Waals surface area contributed by atoms with Crippen LogP contribution in [0.25, 0.3) is 0 Å². The highest BCUT2D eigenvalue weighted by Gasteiger charge is 2.61. The Balaban J connectivity index is 1.19. The van der Waals surface area contributed by atoms with Crippen LogP contribution in [0.1, 0.15) is 90.5 Å². The number of rotatable bonds is 4.